The van der Waals surface area contributed by atoms with Crippen molar-refractivity contribution in [1.29, 1.82) is 0 Å². The van der Waals surface area contributed by atoms with Gasteiger partial charge < -0.3 is 4.74 Å². The summed E-state index contributed by atoms with van der Waals surface area (Å²) in [7, 11) is -2.40. The first-order chi connectivity index (χ1) is 20.6. The van der Waals surface area contributed by atoms with Gasteiger partial charge in [-0.2, -0.15) is 0 Å². The molecule has 0 amide bonds. The molecule has 2 heterocycles. The molecule has 2 N–H and O–H groups in total. The molecule has 2 aromatic heterocycles. The number of nitro groups is 1. The molecule has 5 aromatic rings. The maximum absolute atomic E-state index is 13.7. The Morgan fingerprint density at radius 2 is 1.70 bits per heavy atom. The predicted molar refractivity (Wildman–Crippen MR) is 161 cm³/mol. The molecule has 0 bridgehead atoms. The summed E-state index contributed by atoms with van der Waals surface area (Å²) >= 11 is 0. The molecule has 13 nitrogen and oxygen atoms in total. The van der Waals surface area contributed by atoms with Gasteiger partial charge in [-0.25, -0.2) is 27.8 Å². The number of ether oxygens (including phenoxy) is 1. The van der Waals surface area contributed by atoms with Crippen LogP contribution in [0.15, 0.2) is 99.7 Å². The Labute approximate surface area is 245 Å². The van der Waals surface area contributed by atoms with Crippen molar-refractivity contribution in [2.75, 3.05) is 11.8 Å². The number of anilines is 1. The van der Waals surface area contributed by atoms with E-state index in [0.29, 0.717) is 39.8 Å². The van der Waals surface area contributed by atoms with E-state index in [1.807, 2.05) is 0 Å². The highest BCUT2D eigenvalue weighted by atomic mass is 32.2. The Morgan fingerprint density at radius 3 is 2.30 bits per heavy atom. The molecule has 0 aliphatic carbocycles. The van der Waals surface area contributed by atoms with E-state index < -0.39 is 20.5 Å². The van der Waals surface area contributed by atoms with Crippen molar-refractivity contribution in [3.63, 3.8) is 0 Å². The Kier molecular flexibility index (Phi) is 7.86. The van der Waals surface area contributed by atoms with Crippen molar-refractivity contribution in [2.24, 2.45) is 4.99 Å². The minimum absolute atomic E-state index is 0.0182. The molecule has 0 saturated carbocycles. The van der Waals surface area contributed by atoms with Crippen molar-refractivity contribution in [1.82, 2.24) is 19.7 Å². The minimum Gasteiger partial charge on any atom is -0.497 e. The molecule has 14 heteroatoms. The second kappa shape index (κ2) is 11.7. The number of aromatic amines is 1. The van der Waals surface area contributed by atoms with Gasteiger partial charge in [0.25, 0.3) is 21.3 Å². The molecule has 0 unspecified atom stereocenters. The molecule has 218 valence electrons. The van der Waals surface area contributed by atoms with Crippen LogP contribution in [0.2, 0.25) is 0 Å². The summed E-state index contributed by atoms with van der Waals surface area (Å²) in [6.07, 6.45) is 1.46. The van der Waals surface area contributed by atoms with Crippen molar-refractivity contribution >= 4 is 33.1 Å². The van der Waals surface area contributed by atoms with Gasteiger partial charge in [-0.1, -0.05) is 0 Å². The van der Waals surface area contributed by atoms with E-state index in [-0.39, 0.29) is 22.1 Å². The molecule has 0 radical (unpaired) electrons. The van der Waals surface area contributed by atoms with Crippen LogP contribution in [0.4, 0.5) is 17.3 Å². The maximum atomic E-state index is 13.7. The van der Waals surface area contributed by atoms with Crippen molar-refractivity contribution in [2.45, 2.75) is 18.7 Å². The number of aryl methyl sites for hydroxylation is 1. The fourth-order valence-electron chi connectivity index (χ4n) is 4.27. The summed E-state index contributed by atoms with van der Waals surface area (Å²) in [6.45, 7) is 3.39. The molecule has 43 heavy (non-hydrogen) atoms. The molecule has 0 spiro atoms. The normalized spacial score (nSPS) is 11.7. The van der Waals surface area contributed by atoms with E-state index in [1.165, 1.54) is 59.4 Å². The number of hydrogen-bond donors (Lipinski definition) is 2. The lowest BCUT2D eigenvalue weighted by atomic mass is 10.0. The lowest BCUT2D eigenvalue weighted by molar-refractivity contribution is -0.384. The lowest BCUT2D eigenvalue weighted by Gasteiger charge is -2.07. The van der Waals surface area contributed by atoms with Gasteiger partial charge in [0.2, 0.25) is 5.95 Å². The van der Waals surface area contributed by atoms with Crippen LogP contribution < -0.4 is 15.0 Å². The van der Waals surface area contributed by atoms with E-state index in [1.54, 1.807) is 51.3 Å². The highest BCUT2D eigenvalue weighted by Gasteiger charge is 2.21. The number of nitrogens with one attached hydrogen (secondary N) is 2. The summed E-state index contributed by atoms with van der Waals surface area (Å²) in [6, 6.07) is 20.1. The third-order valence-corrected chi connectivity index (χ3v) is 7.76. The Bertz CT molecular complexity index is 2000. The van der Waals surface area contributed by atoms with Crippen LogP contribution in [-0.4, -0.2) is 45.9 Å². The number of methoxy groups -OCH3 is 1. The smallest absolute Gasteiger partial charge is 0.280 e. The van der Waals surface area contributed by atoms with Gasteiger partial charge in [0.05, 0.1) is 45.3 Å². The molecule has 0 aliphatic heterocycles. The Hall–Kier alpha value is -5.63. The first-order valence-electron chi connectivity index (χ1n) is 12.8. The summed E-state index contributed by atoms with van der Waals surface area (Å²) in [5, 5.41) is 14.2. The summed E-state index contributed by atoms with van der Waals surface area (Å²) in [5.74, 6) is 0.590. The molecular formula is C29H25N7O6S. The largest absolute Gasteiger partial charge is 0.497 e. The van der Waals surface area contributed by atoms with Gasteiger partial charge in [0, 0.05) is 29.6 Å². The van der Waals surface area contributed by atoms with Crippen LogP contribution in [0, 0.1) is 17.0 Å². The van der Waals surface area contributed by atoms with E-state index >= 15 is 0 Å². The lowest BCUT2D eigenvalue weighted by Crippen LogP contribution is -2.19. The van der Waals surface area contributed by atoms with Crippen molar-refractivity contribution < 1.29 is 18.1 Å². The number of hydrogen-bond acceptors (Lipinski definition) is 9. The number of non-ortho nitro benzene ring substituents is 1. The highest BCUT2D eigenvalue weighted by molar-refractivity contribution is 7.92. The first-order valence-corrected chi connectivity index (χ1v) is 14.3. The number of benzene rings is 3. The summed E-state index contributed by atoms with van der Waals surface area (Å²) < 4.78 is 34.6. The van der Waals surface area contributed by atoms with Crippen LogP contribution in [-0.2, 0) is 10.0 Å². The van der Waals surface area contributed by atoms with Gasteiger partial charge >= 0.3 is 0 Å². The van der Waals surface area contributed by atoms with Crippen LogP contribution in [0.3, 0.4) is 0 Å². The number of aliphatic imine (C=N–C) groups is 1. The van der Waals surface area contributed by atoms with Crippen LogP contribution in [0.5, 0.6) is 5.75 Å². The van der Waals surface area contributed by atoms with Gasteiger partial charge in [0.15, 0.2) is 0 Å². The number of aromatic nitrogens is 4. The Balaban J connectivity index is 1.52. The van der Waals surface area contributed by atoms with E-state index in [2.05, 4.69) is 24.8 Å². The predicted octanol–water partition coefficient (Wildman–Crippen LogP) is 4.79. The minimum atomic E-state index is -3.95. The fourth-order valence-corrected chi connectivity index (χ4v) is 5.22. The first kappa shape index (κ1) is 28.9. The van der Waals surface area contributed by atoms with E-state index in [0.717, 1.165) is 0 Å². The van der Waals surface area contributed by atoms with E-state index in [4.69, 9.17) is 4.74 Å². The maximum Gasteiger partial charge on any atom is 0.280 e. The molecular weight excluding hydrogens is 574 g/mol. The zero-order valence-electron chi connectivity index (χ0n) is 23.2. The molecule has 5 rings (SSSR count). The number of rotatable bonds is 9. The average molecular weight is 600 g/mol. The summed E-state index contributed by atoms with van der Waals surface area (Å²) in [4.78, 5) is 36.9. The van der Waals surface area contributed by atoms with Gasteiger partial charge in [-0.3, -0.25) is 25.0 Å². The second-order valence-electron chi connectivity index (χ2n) is 9.32. The number of sulfonamides is 1. The van der Waals surface area contributed by atoms with Crippen molar-refractivity contribution in [3.05, 3.63) is 117 Å². The summed E-state index contributed by atoms with van der Waals surface area (Å²) in [5.41, 5.74) is 2.64. The zero-order valence-corrected chi connectivity index (χ0v) is 24.0. The molecule has 0 saturated heterocycles. The van der Waals surface area contributed by atoms with Crippen LogP contribution >= 0.6 is 0 Å². The third kappa shape index (κ3) is 6.18. The van der Waals surface area contributed by atoms with Crippen LogP contribution in [0.25, 0.3) is 16.9 Å². The quantitative estimate of drug-likeness (QED) is 0.138. The Morgan fingerprint density at radius 1 is 1.02 bits per heavy atom. The van der Waals surface area contributed by atoms with Crippen LogP contribution in [0.1, 0.15) is 18.2 Å². The highest BCUT2D eigenvalue weighted by Crippen LogP contribution is 2.26. The van der Waals surface area contributed by atoms with Crippen molar-refractivity contribution in [3.8, 4) is 22.7 Å². The zero-order chi connectivity index (χ0) is 30.7. The fraction of sp³-hybridized carbons (Fsp3) is 0.103. The third-order valence-electron chi connectivity index (χ3n) is 6.41. The monoisotopic (exact) mass is 599 g/mol. The molecule has 0 fully saturated rings. The van der Waals surface area contributed by atoms with Gasteiger partial charge in [0.1, 0.15) is 5.75 Å². The number of H-pyrrole nitrogens is 1. The SMILES string of the molecule is COc1ccc(-c2[nH]n(-c3ccc([N+](=O)[O-])cc3)c(=O)c2C(C)=Nc2ccc(S(=O)(=O)Nc3nccc(C)n3)cc2)cc1. The number of nitro benzene ring substituents is 1. The van der Waals surface area contributed by atoms with E-state index in [9.17, 15) is 23.3 Å². The molecule has 3 aromatic carbocycles. The molecule has 0 aliphatic rings. The van der Waals surface area contributed by atoms with Gasteiger partial charge in [-0.05, 0) is 80.6 Å². The molecule has 0 atom stereocenters. The topological polar surface area (TPSA) is 174 Å². The standard InChI is InChI=1S/C29H25N7O6S/c1-18-16-17-30-29(31-18)34-43(40,41)25-14-6-21(7-15-25)32-19(2)26-27(20-4-12-24(42-3)13-5-20)33-35(28(26)37)22-8-10-23(11-9-22)36(38)39/h4-17,33H,1-3H3,(H,30,31,34). The average Bonchev–Trinajstić information content (AvgIpc) is 3.34. The van der Waals surface area contributed by atoms with Gasteiger partial charge in [-0.15, -0.1) is 0 Å². The second-order valence-corrected chi connectivity index (χ2v) is 11.0. The number of nitrogens with zero attached hydrogens (tertiary/aromatic N) is 5.